The van der Waals surface area contributed by atoms with Gasteiger partial charge >= 0.3 is 5.97 Å². The minimum Gasteiger partial charge on any atom is -0.481 e. The van der Waals surface area contributed by atoms with Crippen LogP contribution in [0.25, 0.3) is 0 Å². The van der Waals surface area contributed by atoms with Crippen molar-refractivity contribution in [2.45, 2.75) is 45.6 Å². The lowest BCUT2D eigenvalue weighted by atomic mass is 9.95. The molecule has 0 aliphatic heterocycles. The molecule has 1 unspecified atom stereocenters. The van der Waals surface area contributed by atoms with Crippen molar-refractivity contribution < 1.29 is 15.0 Å². The summed E-state index contributed by atoms with van der Waals surface area (Å²) in [7, 11) is 0. The lowest BCUT2D eigenvalue weighted by Gasteiger charge is -2.15. The zero-order chi connectivity index (χ0) is 12.8. The molecule has 0 spiro atoms. The highest BCUT2D eigenvalue weighted by Crippen LogP contribution is 2.24. The quantitative estimate of drug-likeness (QED) is 0.798. The number of rotatable bonds is 6. The number of aliphatic hydroxyl groups is 1. The molecular formula is C14H20O3. The van der Waals surface area contributed by atoms with Crippen LogP contribution < -0.4 is 0 Å². The largest absolute Gasteiger partial charge is 0.481 e. The standard InChI is InChI=1S/C14H20O3/c1-3-10-5-6-11(4-2)12(9-10)13(15)7-8-14(16)17/h5-6,9,13,15H,3-4,7-8H2,1-2H3,(H,16,17). The van der Waals surface area contributed by atoms with E-state index in [1.165, 1.54) is 5.56 Å². The highest BCUT2D eigenvalue weighted by atomic mass is 16.4. The SMILES string of the molecule is CCc1ccc(CC)c(C(O)CCC(=O)O)c1. The van der Waals surface area contributed by atoms with E-state index in [1.54, 1.807) is 0 Å². The molecular weight excluding hydrogens is 216 g/mol. The molecule has 1 rings (SSSR count). The molecule has 2 N–H and O–H groups in total. The maximum Gasteiger partial charge on any atom is 0.303 e. The van der Waals surface area contributed by atoms with Gasteiger partial charge in [0.05, 0.1) is 6.10 Å². The monoisotopic (exact) mass is 236 g/mol. The summed E-state index contributed by atoms with van der Waals surface area (Å²) in [5, 5.41) is 18.7. The Morgan fingerprint density at radius 1 is 1.29 bits per heavy atom. The Hall–Kier alpha value is -1.35. The van der Waals surface area contributed by atoms with Gasteiger partial charge in [0, 0.05) is 6.42 Å². The summed E-state index contributed by atoms with van der Waals surface area (Å²) in [4.78, 5) is 10.5. The van der Waals surface area contributed by atoms with Crippen molar-refractivity contribution in [1.82, 2.24) is 0 Å². The van der Waals surface area contributed by atoms with Gasteiger partial charge in [0.25, 0.3) is 0 Å². The van der Waals surface area contributed by atoms with E-state index in [0.717, 1.165) is 24.0 Å². The third-order valence-electron chi connectivity index (χ3n) is 2.99. The molecule has 1 aromatic rings. The average Bonchev–Trinajstić information content (AvgIpc) is 2.34. The first-order chi connectivity index (χ1) is 8.08. The van der Waals surface area contributed by atoms with Gasteiger partial charge < -0.3 is 10.2 Å². The number of carboxylic acid groups (broad SMARTS) is 1. The van der Waals surface area contributed by atoms with Crippen molar-refractivity contribution >= 4 is 5.97 Å². The van der Waals surface area contributed by atoms with E-state index in [9.17, 15) is 9.90 Å². The van der Waals surface area contributed by atoms with E-state index in [-0.39, 0.29) is 12.8 Å². The lowest BCUT2D eigenvalue weighted by molar-refractivity contribution is -0.137. The molecule has 0 aliphatic rings. The van der Waals surface area contributed by atoms with Gasteiger partial charge in [-0.1, -0.05) is 32.0 Å². The van der Waals surface area contributed by atoms with Gasteiger partial charge in [-0.15, -0.1) is 0 Å². The molecule has 0 aromatic heterocycles. The number of carbonyl (C=O) groups is 1. The molecule has 0 saturated heterocycles. The predicted octanol–water partition coefficient (Wildman–Crippen LogP) is 2.71. The molecule has 0 bridgehead atoms. The van der Waals surface area contributed by atoms with Crippen molar-refractivity contribution in [3.63, 3.8) is 0 Å². The molecule has 0 radical (unpaired) electrons. The molecule has 0 saturated carbocycles. The first-order valence-electron chi connectivity index (χ1n) is 6.10. The minimum atomic E-state index is -0.867. The van der Waals surface area contributed by atoms with E-state index >= 15 is 0 Å². The summed E-state index contributed by atoms with van der Waals surface area (Å²) in [5.41, 5.74) is 3.15. The Balaban J connectivity index is 2.88. The molecule has 3 nitrogen and oxygen atoms in total. The summed E-state index contributed by atoms with van der Waals surface area (Å²) in [6.45, 7) is 4.10. The molecule has 0 heterocycles. The normalized spacial score (nSPS) is 12.4. The second-order valence-electron chi connectivity index (χ2n) is 4.19. The zero-order valence-electron chi connectivity index (χ0n) is 10.4. The molecule has 1 aromatic carbocycles. The summed E-state index contributed by atoms with van der Waals surface area (Å²) in [5.74, 6) is -0.867. The molecule has 1 atom stereocenters. The third-order valence-corrected chi connectivity index (χ3v) is 2.99. The first kappa shape index (κ1) is 13.7. The van der Waals surface area contributed by atoms with E-state index in [0.29, 0.717) is 0 Å². The number of aliphatic hydroxyl groups excluding tert-OH is 1. The van der Waals surface area contributed by atoms with Crippen LogP contribution >= 0.6 is 0 Å². The van der Waals surface area contributed by atoms with Crippen molar-refractivity contribution in [2.24, 2.45) is 0 Å². The van der Waals surface area contributed by atoms with Crippen LogP contribution in [0.4, 0.5) is 0 Å². The maximum absolute atomic E-state index is 10.5. The predicted molar refractivity (Wildman–Crippen MR) is 67.0 cm³/mol. The van der Waals surface area contributed by atoms with Crippen LogP contribution in [0.15, 0.2) is 18.2 Å². The van der Waals surface area contributed by atoms with Gasteiger partial charge in [0.2, 0.25) is 0 Å². The third kappa shape index (κ3) is 3.86. The number of aryl methyl sites for hydroxylation is 2. The first-order valence-corrected chi connectivity index (χ1v) is 6.10. The highest BCUT2D eigenvalue weighted by molar-refractivity contribution is 5.66. The van der Waals surface area contributed by atoms with Gasteiger partial charge in [-0.25, -0.2) is 0 Å². The van der Waals surface area contributed by atoms with E-state index in [4.69, 9.17) is 5.11 Å². The molecule has 0 aliphatic carbocycles. The van der Waals surface area contributed by atoms with Gasteiger partial charge in [0.15, 0.2) is 0 Å². The van der Waals surface area contributed by atoms with Crippen LogP contribution in [0.3, 0.4) is 0 Å². The molecule has 94 valence electrons. The summed E-state index contributed by atoms with van der Waals surface area (Å²) >= 11 is 0. The number of aliphatic carboxylic acids is 1. The Kier molecular flexibility index (Phi) is 5.16. The van der Waals surface area contributed by atoms with Crippen molar-refractivity contribution in [3.05, 3.63) is 34.9 Å². The Bertz CT molecular complexity index is 385. The topological polar surface area (TPSA) is 57.5 Å². The van der Waals surface area contributed by atoms with Crippen molar-refractivity contribution in [1.29, 1.82) is 0 Å². The van der Waals surface area contributed by atoms with E-state index in [1.807, 2.05) is 19.1 Å². The van der Waals surface area contributed by atoms with Crippen LogP contribution in [-0.2, 0) is 17.6 Å². The summed E-state index contributed by atoms with van der Waals surface area (Å²) in [6.07, 6.45) is 1.37. The second kappa shape index (κ2) is 6.40. The fraction of sp³-hybridized carbons (Fsp3) is 0.500. The Labute approximate surface area is 102 Å². The Morgan fingerprint density at radius 3 is 2.53 bits per heavy atom. The zero-order valence-corrected chi connectivity index (χ0v) is 10.4. The van der Waals surface area contributed by atoms with Crippen LogP contribution in [0.1, 0.15) is 49.5 Å². The van der Waals surface area contributed by atoms with Gasteiger partial charge in [-0.05, 0) is 36.0 Å². The molecule has 3 heteroatoms. The van der Waals surface area contributed by atoms with Gasteiger partial charge in [0.1, 0.15) is 0 Å². The minimum absolute atomic E-state index is 0.000668. The smallest absolute Gasteiger partial charge is 0.303 e. The van der Waals surface area contributed by atoms with Crippen LogP contribution in [0.5, 0.6) is 0 Å². The van der Waals surface area contributed by atoms with Gasteiger partial charge in [-0.3, -0.25) is 4.79 Å². The van der Waals surface area contributed by atoms with Crippen LogP contribution in [0, 0.1) is 0 Å². The second-order valence-corrected chi connectivity index (χ2v) is 4.19. The van der Waals surface area contributed by atoms with Gasteiger partial charge in [-0.2, -0.15) is 0 Å². The summed E-state index contributed by atoms with van der Waals surface area (Å²) < 4.78 is 0. The number of hydrogen-bond donors (Lipinski definition) is 2. The van der Waals surface area contributed by atoms with Crippen LogP contribution in [0.2, 0.25) is 0 Å². The van der Waals surface area contributed by atoms with E-state index in [2.05, 4.69) is 13.0 Å². The maximum atomic E-state index is 10.5. The Morgan fingerprint density at radius 2 is 2.00 bits per heavy atom. The fourth-order valence-corrected chi connectivity index (χ4v) is 1.91. The highest BCUT2D eigenvalue weighted by Gasteiger charge is 2.13. The molecule has 0 fully saturated rings. The number of hydrogen-bond acceptors (Lipinski definition) is 2. The molecule has 0 amide bonds. The average molecular weight is 236 g/mol. The van der Waals surface area contributed by atoms with Crippen molar-refractivity contribution in [3.8, 4) is 0 Å². The van der Waals surface area contributed by atoms with E-state index < -0.39 is 12.1 Å². The number of benzene rings is 1. The molecule has 17 heavy (non-hydrogen) atoms. The van der Waals surface area contributed by atoms with Crippen molar-refractivity contribution in [2.75, 3.05) is 0 Å². The lowest BCUT2D eigenvalue weighted by Crippen LogP contribution is -2.06. The number of carboxylic acids is 1. The summed E-state index contributed by atoms with van der Waals surface area (Å²) in [6, 6.07) is 6.08. The van der Waals surface area contributed by atoms with Crippen LogP contribution in [-0.4, -0.2) is 16.2 Å². The fourth-order valence-electron chi connectivity index (χ4n) is 1.91.